The van der Waals surface area contributed by atoms with Crippen LogP contribution in [0.5, 0.6) is 0 Å². The summed E-state index contributed by atoms with van der Waals surface area (Å²) in [7, 11) is 0. The van der Waals surface area contributed by atoms with Crippen LogP contribution < -0.4 is 5.32 Å². The minimum absolute atomic E-state index is 0.108. The van der Waals surface area contributed by atoms with Gasteiger partial charge in [0.05, 0.1) is 5.37 Å². The summed E-state index contributed by atoms with van der Waals surface area (Å²) in [6, 6.07) is 7.82. The molecule has 0 radical (unpaired) electrons. The Morgan fingerprint density at radius 3 is 2.69 bits per heavy atom. The zero-order valence-corrected chi connectivity index (χ0v) is 10.5. The lowest BCUT2D eigenvalue weighted by Crippen LogP contribution is -2.33. The number of hydrogen-bond donors (Lipinski definition) is 2. The molecular weight excluding hydrogens is 242 g/mol. The fraction of sp³-hybridized carbons (Fsp3) is 0.364. The molecule has 1 aromatic rings. The maximum Gasteiger partial charge on any atom is 0.321 e. The van der Waals surface area contributed by atoms with Gasteiger partial charge in [-0.2, -0.15) is 0 Å². The van der Waals surface area contributed by atoms with Gasteiger partial charge in [-0.3, -0.25) is 10.1 Å². The topological polar surface area (TPSA) is 49.3 Å². The van der Waals surface area contributed by atoms with E-state index >= 15 is 0 Å². The van der Waals surface area contributed by atoms with Crippen LogP contribution in [0.2, 0.25) is 0 Å². The van der Waals surface area contributed by atoms with Crippen LogP contribution in [-0.2, 0) is 4.79 Å². The molecule has 86 valence electrons. The first-order valence-electron chi connectivity index (χ1n) is 4.95. The number of nitrogens with one attached hydrogen (secondary N) is 1. The van der Waals surface area contributed by atoms with Crippen LogP contribution in [0.25, 0.3) is 0 Å². The van der Waals surface area contributed by atoms with E-state index in [0.29, 0.717) is 5.75 Å². The molecule has 2 rings (SSSR count). The third-order valence-electron chi connectivity index (χ3n) is 2.50. The molecule has 0 saturated carbocycles. The molecule has 1 aliphatic heterocycles. The van der Waals surface area contributed by atoms with Crippen molar-refractivity contribution in [3.8, 4) is 0 Å². The summed E-state index contributed by atoms with van der Waals surface area (Å²) in [4.78, 5) is 12.0. The van der Waals surface area contributed by atoms with Crippen LogP contribution in [0.15, 0.2) is 29.2 Å². The standard InChI is InChI=1S/C11H13NO2S2/c1-15-8-4-2-7(3-5-8)10-12-9(6-16-10)11(13)14/h2-5,9-10,12H,6H2,1H3,(H,13,14)/t9-,10+/m1/s1. The van der Waals surface area contributed by atoms with Crippen molar-refractivity contribution in [2.75, 3.05) is 12.0 Å². The number of carbonyl (C=O) groups is 1. The van der Waals surface area contributed by atoms with E-state index in [9.17, 15) is 4.79 Å². The van der Waals surface area contributed by atoms with E-state index in [1.807, 2.05) is 6.26 Å². The van der Waals surface area contributed by atoms with Gasteiger partial charge in [0.15, 0.2) is 0 Å². The van der Waals surface area contributed by atoms with Crippen LogP contribution >= 0.6 is 23.5 Å². The highest BCUT2D eigenvalue weighted by atomic mass is 32.2. The maximum absolute atomic E-state index is 10.8. The molecule has 0 amide bonds. The average Bonchev–Trinajstić information content (AvgIpc) is 2.78. The molecule has 16 heavy (non-hydrogen) atoms. The van der Waals surface area contributed by atoms with Gasteiger partial charge in [0, 0.05) is 10.6 Å². The largest absolute Gasteiger partial charge is 0.480 e. The van der Waals surface area contributed by atoms with E-state index in [4.69, 9.17) is 5.11 Å². The van der Waals surface area contributed by atoms with Gasteiger partial charge in [0.25, 0.3) is 0 Å². The molecule has 3 nitrogen and oxygen atoms in total. The van der Waals surface area contributed by atoms with Gasteiger partial charge in [0.2, 0.25) is 0 Å². The number of carboxylic acids is 1. The minimum atomic E-state index is -0.768. The van der Waals surface area contributed by atoms with Crippen LogP contribution in [0, 0.1) is 0 Å². The van der Waals surface area contributed by atoms with Crippen LogP contribution in [-0.4, -0.2) is 29.1 Å². The molecule has 5 heteroatoms. The molecule has 0 bridgehead atoms. The van der Waals surface area contributed by atoms with Crippen molar-refractivity contribution in [3.05, 3.63) is 29.8 Å². The Bertz CT molecular complexity index is 380. The van der Waals surface area contributed by atoms with Gasteiger partial charge in [-0.25, -0.2) is 0 Å². The first-order valence-corrected chi connectivity index (χ1v) is 7.22. The predicted octanol–water partition coefficient (Wildman–Crippen LogP) is 2.20. The number of benzene rings is 1. The van der Waals surface area contributed by atoms with Crippen LogP contribution in [0.3, 0.4) is 0 Å². The van der Waals surface area contributed by atoms with Gasteiger partial charge in [-0.1, -0.05) is 12.1 Å². The Labute approximate surface area is 103 Å². The number of aliphatic carboxylic acids is 1. The zero-order chi connectivity index (χ0) is 11.5. The molecule has 1 aromatic carbocycles. The first kappa shape index (κ1) is 11.8. The van der Waals surface area contributed by atoms with Gasteiger partial charge < -0.3 is 5.11 Å². The van der Waals surface area contributed by atoms with Gasteiger partial charge in [-0.15, -0.1) is 23.5 Å². The average molecular weight is 255 g/mol. The Morgan fingerprint density at radius 2 is 2.19 bits per heavy atom. The lowest BCUT2D eigenvalue weighted by molar-refractivity contribution is -0.138. The summed E-state index contributed by atoms with van der Waals surface area (Å²) in [5, 5.41) is 12.1. The number of rotatable bonds is 3. The van der Waals surface area contributed by atoms with E-state index in [0.717, 1.165) is 5.56 Å². The molecule has 0 spiro atoms. The minimum Gasteiger partial charge on any atom is -0.480 e. The number of carboxylic acid groups (broad SMARTS) is 1. The molecule has 1 fully saturated rings. The van der Waals surface area contributed by atoms with Crippen molar-refractivity contribution >= 4 is 29.5 Å². The molecule has 0 aromatic heterocycles. The van der Waals surface area contributed by atoms with Crippen molar-refractivity contribution in [3.63, 3.8) is 0 Å². The normalized spacial score (nSPS) is 24.6. The van der Waals surface area contributed by atoms with Gasteiger partial charge in [-0.05, 0) is 24.0 Å². The second-order valence-electron chi connectivity index (χ2n) is 3.54. The highest BCUT2D eigenvalue weighted by Crippen LogP contribution is 2.33. The van der Waals surface area contributed by atoms with E-state index in [1.54, 1.807) is 23.5 Å². The number of hydrogen-bond acceptors (Lipinski definition) is 4. The SMILES string of the molecule is CSc1ccc([C@H]2N[C@@H](C(=O)O)CS2)cc1. The molecule has 1 saturated heterocycles. The summed E-state index contributed by atoms with van der Waals surface area (Å²) >= 11 is 3.35. The summed E-state index contributed by atoms with van der Waals surface area (Å²) in [5.74, 6) is -0.139. The van der Waals surface area contributed by atoms with E-state index in [2.05, 4.69) is 29.6 Å². The molecule has 2 atom stereocenters. The first-order chi connectivity index (χ1) is 7.70. The smallest absolute Gasteiger partial charge is 0.321 e. The highest BCUT2D eigenvalue weighted by Gasteiger charge is 2.29. The third-order valence-corrected chi connectivity index (χ3v) is 4.51. The molecule has 1 heterocycles. The Balaban J connectivity index is 2.05. The fourth-order valence-electron chi connectivity index (χ4n) is 1.59. The quantitative estimate of drug-likeness (QED) is 0.811. The molecule has 1 aliphatic rings. The van der Waals surface area contributed by atoms with Gasteiger partial charge >= 0.3 is 5.97 Å². The van der Waals surface area contributed by atoms with Gasteiger partial charge in [0.1, 0.15) is 6.04 Å². The lowest BCUT2D eigenvalue weighted by atomic mass is 10.2. The number of thioether (sulfide) groups is 2. The fourth-order valence-corrected chi connectivity index (χ4v) is 3.23. The predicted molar refractivity (Wildman–Crippen MR) is 68.0 cm³/mol. The van der Waals surface area contributed by atoms with E-state index in [1.165, 1.54) is 4.90 Å². The Hall–Kier alpha value is -0.650. The molecular formula is C11H13NO2S2. The van der Waals surface area contributed by atoms with Crippen molar-refractivity contribution in [1.82, 2.24) is 5.32 Å². The molecule has 2 N–H and O–H groups in total. The summed E-state index contributed by atoms with van der Waals surface area (Å²) in [5.41, 5.74) is 1.14. The zero-order valence-electron chi connectivity index (χ0n) is 8.84. The molecule has 0 aliphatic carbocycles. The van der Waals surface area contributed by atoms with Crippen molar-refractivity contribution < 1.29 is 9.90 Å². The second-order valence-corrected chi connectivity index (χ2v) is 5.56. The van der Waals surface area contributed by atoms with E-state index in [-0.39, 0.29) is 5.37 Å². The summed E-state index contributed by atoms with van der Waals surface area (Å²) in [6.07, 6.45) is 2.04. The lowest BCUT2D eigenvalue weighted by Gasteiger charge is -2.11. The highest BCUT2D eigenvalue weighted by molar-refractivity contribution is 7.99. The van der Waals surface area contributed by atoms with Crippen LogP contribution in [0.4, 0.5) is 0 Å². The summed E-state index contributed by atoms with van der Waals surface area (Å²) < 4.78 is 0. The molecule has 0 unspecified atom stereocenters. The van der Waals surface area contributed by atoms with Crippen molar-refractivity contribution in [2.24, 2.45) is 0 Å². The van der Waals surface area contributed by atoms with Crippen molar-refractivity contribution in [2.45, 2.75) is 16.3 Å². The Kier molecular flexibility index (Phi) is 3.78. The van der Waals surface area contributed by atoms with Crippen molar-refractivity contribution in [1.29, 1.82) is 0 Å². The second kappa shape index (κ2) is 5.12. The summed E-state index contributed by atoms with van der Waals surface area (Å²) in [6.45, 7) is 0. The Morgan fingerprint density at radius 1 is 1.50 bits per heavy atom. The monoisotopic (exact) mass is 255 g/mol. The third kappa shape index (κ3) is 2.53. The van der Waals surface area contributed by atoms with Crippen LogP contribution in [0.1, 0.15) is 10.9 Å². The van der Waals surface area contributed by atoms with E-state index < -0.39 is 12.0 Å². The maximum atomic E-state index is 10.8.